The highest BCUT2D eigenvalue weighted by Gasteiger charge is 2.37. The second-order valence-electron chi connectivity index (χ2n) is 8.23. The zero-order valence-corrected chi connectivity index (χ0v) is 22.6. The van der Waals surface area contributed by atoms with Crippen LogP contribution in [0, 0.1) is 13.8 Å². The molecule has 196 valence electrons. The van der Waals surface area contributed by atoms with Crippen molar-refractivity contribution in [3.63, 3.8) is 0 Å². The van der Waals surface area contributed by atoms with Crippen LogP contribution in [0.25, 0.3) is 6.08 Å². The van der Waals surface area contributed by atoms with E-state index in [0.717, 1.165) is 10.5 Å². The van der Waals surface area contributed by atoms with Gasteiger partial charge in [-0.3, -0.25) is 14.9 Å². The van der Waals surface area contributed by atoms with E-state index in [1.54, 1.807) is 31.2 Å². The molecule has 1 fully saturated rings. The Balaban J connectivity index is 1.72. The number of benzene rings is 3. The van der Waals surface area contributed by atoms with E-state index in [1.807, 2.05) is 6.92 Å². The fraction of sp³-hybridized carbons (Fsp3) is 0.115. The summed E-state index contributed by atoms with van der Waals surface area (Å²) in [6.07, 6.45) is 1.20. The van der Waals surface area contributed by atoms with Crippen molar-refractivity contribution in [2.24, 2.45) is 0 Å². The number of anilines is 1. The maximum absolute atomic E-state index is 13.3. The minimum atomic E-state index is -4.25. The van der Waals surface area contributed by atoms with Gasteiger partial charge >= 0.3 is 16.1 Å². The molecule has 3 aromatic rings. The number of carbonyl (C=O) groups is 3. The quantitative estimate of drug-likeness (QED) is 0.248. The number of amides is 4. The third kappa shape index (κ3) is 5.24. The van der Waals surface area contributed by atoms with Crippen molar-refractivity contribution in [2.45, 2.75) is 18.7 Å². The van der Waals surface area contributed by atoms with Crippen LogP contribution in [-0.2, 0) is 19.7 Å². The number of halogens is 2. The van der Waals surface area contributed by atoms with Crippen molar-refractivity contribution in [3.8, 4) is 11.5 Å². The fourth-order valence-electron chi connectivity index (χ4n) is 3.65. The van der Waals surface area contributed by atoms with Gasteiger partial charge in [0, 0.05) is 5.02 Å². The second kappa shape index (κ2) is 10.5. The summed E-state index contributed by atoms with van der Waals surface area (Å²) in [5.74, 6) is -2.15. The summed E-state index contributed by atoms with van der Waals surface area (Å²) in [7, 11) is -2.97. The zero-order valence-electron chi connectivity index (χ0n) is 20.2. The molecule has 1 aliphatic heterocycles. The first-order chi connectivity index (χ1) is 17.9. The number of hydrogen-bond acceptors (Lipinski definition) is 7. The van der Waals surface area contributed by atoms with Crippen molar-refractivity contribution in [1.82, 2.24) is 5.32 Å². The van der Waals surface area contributed by atoms with Gasteiger partial charge in [-0.2, -0.15) is 8.42 Å². The first kappa shape index (κ1) is 27.2. The molecule has 38 heavy (non-hydrogen) atoms. The molecule has 3 aromatic carbocycles. The smallest absolute Gasteiger partial charge is 0.339 e. The summed E-state index contributed by atoms with van der Waals surface area (Å²) < 4.78 is 36.1. The highest BCUT2D eigenvalue weighted by Crippen LogP contribution is 2.39. The molecule has 1 N–H and O–H groups in total. The molecule has 1 heterocycles. The van der Waals surface area contributed by atoms with Crippen LogP contribution in [0.15, 0.2) is 65.1 Å². The second-order valence-corrected chi connectivity index (χ2v) is 10.6. The van der Waals surface area contributed by atoms with Crippen molar-refractivity contribution in [2.75, 3.05) is 12.0 Å². The lowest BCUT2D eigenvalue weighted by Gasteiger charge is -2.27. The average Bonchev–Trinajstić information content (AvgIpc) is 2.86. The maximum Gasteiger partial charge on any atom is 0.339 e. The molecule has 4 amide bonds. The largest absolute Gasteiger partial charge is 0.493 e. The van der Waals surface area contributed by atoms with Gasteiger partial charge in [-0.15, -0.1) is 0 Å². The number of aryl methyl sites for hydroxylation is 1. The molecular weight excluding hydrogens is 555 g/mol. The number of ether oxygens (including phenoxy) is 1. The number of nitrogens with one attached hydrogen (secondary N) is 1. The van der Waals surface area contributed by atoms with Gasteiger partial charge in [-0.25, -0.2) is 9.69 Å². The standard InChI is InChI=1S/C26H20Cl2N2O7S/c1-14-7-9-17(10-8-14)38(34,35)37-23-20(28)12-16(13-22(23)36-3)11-18-24(31)29-26(33)30(25(18)32)21-6-4-5-19(27)15(21)2/h4-13H,1-3H3,(H,29,31,33)/b18-11+. The molecule has 0 aromatic heterocycles. The van der Waals surface area contributed by atoms with E-state index >= 15 is 0 Å². The van der Waals surface area contributed by atoms with Crippen LogP contribution in [0.4, 0.5) is 10.5 Å². The number of nitrogens with zero attached hydrogens (tertiary/aromatic N) is 1. The van der Waals surface area contributed by atoms with Crippen LogP contribution in [0.5, 0.6) is 11.5 Å². The van der Waals surface area contributed by atoms with Crippen LogP contribution >= 0.6 is 23.2 Å². The van der Waals surface area contributed by atoms with E-state index in [2.05, 4.69) is 5.32 Å². The molecular formula is C26H20Cl2N2O7S. The van der Waals surface area contributed by atoms with Gasteiger partial charge in [0.05, 0.1) is 17.8 Å². The van der Waals surface area contributed by atoms with Crippen LogP contribution in [0.1, 0.15) is 16.7 Å². The number of hydrogen-bond donors (Lipinski definition) is 1. The number of carbonyl (C=O) groups excluding carboxylic acids is 3. The van der Waals surface area contributed by atoms with E-state index < -0.39 is 28.0 Å². The highest BCUT2D eigenvalue weighted by molar-refractivity contribution is 7.87. The van der Waals surface area contributed by atoms with Gasteiger partial charge in [-0.05, 0) is 67.4 Å². The topological polar surface area (TPSA) is 119 Å². The summed E-state index contributed by atoms with van der Waals surface area (Å²) in [6, 6.07) is 12.4. The SMILES string of the molecule is COc1cc(/C=C2\C(=O)NC(=O)N(c3cccc(Cl)c3C)C2=O)cc(Cl)c1OS(=O)(=O)c1ccc(C)cc1. The molecule has 4 rings (SSSR count). The van der Waals surface area contributed by atoms with Crippen molar-refractivity contribution < 1.29 is 31.7 Å². The van der Waals surface area contributed by atoms with Crippen LogP contribution < -0.4 is 19.1 Å². The van der Waals surface area contributed by atoms with E-state index in [0.29, 0.717) is 10.6 Å². The van der Waals surface area contributed by atoms with Crippen molar-refractivity contribution in [1.29, 1.82) is 0 Å². The van der Waals surface area contributed by atoms with Gasteiger partial charge in [-0.1, -0.05) is 47.0 Å². The summed E-state index contributed by atoms with van der Waals surface area (Å²) >= 11 is 12.5. The molecule has 0 aliphatic carbocycles. The van der Waals surface area contributed by atoms with Gasteiger partial charge in [0.2, 0.25) is 5.75 Å². The lowest BCUT2D eigenvalue weighted by Crippen LogP contribution is -2.54. The average molecular weight is 575 g/mol. The van der Waals surface area contributed by atoms with Crippen LogP contribution in [-0.4, -0.2) is 33.4 Å². The molecule has 0 saturated carbocycles. The predicted molar refractivity (Wildman–Crippen MR) is 142 cm³/mol. The Bertz CT molecular complexity index is 1620. The summed E-state index contributed by atoms with van der Waals surface area (Å²) in [5.41, 5.74) is 1.38. The van der Waals surface area contributed by atoms with Crippen LogP contribution in [0.2, 0.25) is 10.0 Å². The maximum atomic E-state index is 13.3. The number of imide groups is 2. The zero-order chi connectivity index (χ0) is 27.8. The van der Waals surface area contributed by atoms with Gasteiger partial charge in [0.25, 0.3) is 11.8 Å². The first-order valence-corrected chi connectivity index (χ1v) is 13.1. The van der Waals surface area contributed by atoms with Crippen molar-refractivity contribution >= 4 is 62.9 Å². The first-order valence-electron chi connectivity index (χ1n) is 11.0. The molecule has 0 unspecified atom stereocenters. The monoisotopic (exact) mass is 574 g/mol. The molecule has 9 nitrogen and oxygen atoms in total. The third-order valence-corrected chi connectivity index (χ3v) is 7.57. The van der Waals surface area contributed by atoms with Gasteiger partial charge < -0.3 is 8.92 Å². The fourth-order valence-corrected chi connectivity index (χ4v) is 5.08. The Kier molecular flexibility index (Phi) is 7.50. The molecule has 0 spiro atoms. The highest BCUT2D eigenvalue weighted by atomic mass is 35.5. The van der Waals surface area contributed by atoms with Crippen LogP contribution in [0.3, 0.4) is 0 Å². The number of methoxy groups -OCH3 is 1. The van der Waals surface area contributed by atoms with E-state index in [-0.39, 0.29) is 38.2 Å². The van der Waals surface area contributed by atoms with E-state index in [4.69, 9.17) is 32.1 Å². The summed E-state index contributed by atoms with van der Waals surface area (Å²) in [5, 5.41) is 2.30. The lowest BCUT2D eigenvalue weighted by atomic mass is 10.1. The van der Waals surface area contributed by atoms with Gasteiger partial charge in [0.1, 0.15) is 10.5 Å². The minimum absolute atomic E-state index is 0.0673. The van der Waals surface area contributed by atoms with Gasteiger partial charge in [0.15, 0.2) is 5.75 Å². The molecule has 0 radical (unpaired) electrons. The molecule has 1 saturated heterocycles. The third-order valence-electron chi connectivity index (χ3n) is 5.65. The molecule has 12 heteroatoms. The number of urea groups is 1. The van der Waals surface area contributed by atoms with Crippen molar-refractivity contribution in [3.05, 3.63) is 86.9 Å². The Labute approximate surface area is 228 Å². The minimum Gasteiger partial charge on any atom is -0.493 e. The Morgan fingerprint density at radius 3 is 2.29 bits per heavy atom. The lowest BCUT2D eigenvalue weighted by molar-refractivity contribution is -0.122. The van der Waals surface area contributed by atoms with E-state index in [1.165, 1.54) is 43.5 Å². The Morgan fingerprint density at radius 2 is 1.63 bits per heavy atom. The molecule has 1 aliphatic rings. The Morgan fingerprint density at radius 1 is 0.947 bits per heavy atom. The summed E-state index contributed by atoms with van der Waals surface area (Å²) in [4.78, 5) is 39.1. The predicted octanol–water partition coefficient (Wildman–Crippen LogP) is 5.05. The Hall–Kier alpha value is -3.86. The van der Waals surface area contributed by atoms with E-state index in [9.17, 15) is 22.8 Å². The summed E-state index contributed by atoms with van der Waals surface area (Å²) in [6.45, 7) is 3.44. The number of rotatable bonds is 6. The molecule has 0 bridgehead atoms. The normalized spacial score (nSPS) is 15.0. The number of barbiturate groups is 1. The molecule has 0 atom stereocenters.